The van der Waals surface area contributed by atoms with E-state index in [0.717, 1.165) is 44.3 Å². The van der Waals surface area contributed by atoms with Crippen molar-refractivity contribution in [3.63, 3.8) is 0 Å². The number of hydrogen-bond acceptors (Lipinski definition) is 4. The van der Waals surface area contributed by atoms with Crippen molar-refractivity contribution in [3.05, 3.63) is 71.3 Å². The van der Waals surface area contributed by atoms with Crippen molar-refractivity contribution in [1.82, 2.24) is 4.90 Å². The molecular formula is C26H32N2O3. The highest BCUT2D eigenvalue weighted by Crippen LogP contribution is 2.55. The van der Waals surface area contributed by atoms with Gasteiger partial charge in [0.25, 0.3) is 0 Å². The number of primary amides is 1. The Hall–Kier alpha value is -2.21. The van der Waals surface area contributed by atoms with Gasteiger partial charge in [-0.2, -0.15) is 0 Å². The Kier molecular flexibility index (Phi) is 5.37. The number of aliphatic hydroxyl groups excluding tert-OH is 1. The number of ether oxygens (including phenoxy) is 1. The lowest BCUT2D eigenvalue weighted by Gasteiger charge is -2.51. The summed E-state index contributed by atoms with van der Waals surface area (Å²) in [5.41, 5.74) is 8.08. The molecule has 5 heteroatoms. The Bertz CT molecular complexity index is 927. The molecule has 1 heterocycles. The van der Waals surface area contributed by atoms with Crippen LogP contribution in [0.25, 0.3) is 0 Å². The zero-order chi connectivity index (χ0) is 21.6. The lowest BCUT2D eigenvalue weighted by atomic mass is 9.69. The van der Waals surface area contributed by atoms with Gasteiger partial charge in [0.2, 0.25) is 5.91 Å². The van der Waals surface area contributed by atoms with E-state index in [1.165, 1.54) is 5.56 Å². The lowest BCUT2D eigenvalue weighted by molar-refractivity contribution is -0.162. The van der Waals surface area contributed by atoms with Gasteiger partial charge in [-0.25, -0.2) is 0 Å². The van der Waals surface area contributed by atoms with Crippen LogP contribution in [0.5, 0.6) is 0 Å². The highest BCUT2D eigenvalue weighted by Gasteiger charge is 2.57. The molecule has 2 aliphatic carbocycles. The van der Waals surface area contributed by atoms with Crippen molar-refractivity contribution in [2.75, 3.05) is 20.2 Å². The highest BCUT2D eigenvalue weighted by atomic mass is 16.5. The maximum absolute atomic E-state index is 11.7. The molecule has 2 aromatic carbocycles. The fraction of sp³-hybridized carbons (Fsp3) is 0.500. The molecule has 1 amide bonds. The summed E-state index contributed by atoms with van der Waals surface area (Å²) in [5.74, 6) is 1.07. The fourth-order valence-electron chi connectivity index (χ4n) is 6.51. The van der Waals surface area contributed by atoms with Crippen LogP contribution >= 0.6 is 0 Å². The molecule has 3 unspecified atom stereocenters. The molecule has 0 radical (unpaired) electrons. The molecule has 5 nitrogen and oxygen atoms in total. The monoisotopic (exact) mass is 420 g/mol. The number of amides is 1. The van der Waals surface area contributed by atoms with Crippen LogP contribution in [0.3, 0.4) is 0 Å². The number of methoxy groups -OCH3 is 1. The molecule has 3 atom stereocenters. The van der Waals surface area contributed by atoms with Gasteiger partial charge >= 0.3 is 0 Å². The second-order valence-electron chi connectivity index (χ2n) is 9.62. The van der Waals surface area contributed by atoms with E-state index in [-0.39, 0.29) is 0 Å². The standard InChI is InChI=1S/C26H32N2O3/c1-31-26(21-9-5-8-18(14-21)24(27)29)22-10-11-23(26)16-28(15-22)25(30)20-12-19(13-20)17-6-3-2-4-7-17/h2-9,14,19-20,22-23,25,30H,10-13,15-16H2,1H3,(H2,27,29). The Morgan fingerprint density at radius 1 is 1.10 bits per heavy atom. The second kappa shape index (κ2) is 8.05. The largest absolute Gasteiger partial charge is 0.378 e. The van der Waals surface area contributed by atoms with Crippen molar-refractivity contribution in [2.45, 2.75) is 43.4 Å². The van der Waals surface area contributed by atoms with E-state index in [1.54, 1.807) is 13.2 Å². The number of hydrogen-bond donors (Lipinski definition) is 2. The van der Waals surface area contributed by atoms with Crippen molar-refractivity contribution >= 4 is 5.91 Å². The third kappa shape index (κ3) is 3.39. The quantitative estimate of drug-likeness (QED) is 0.750. The first-order valence-electron chi connectivity index (χ1n) is 11.5. The van der Waals surface area contributed by atoms with E-state index in [2.05, 4.69) is 41.3 Å². The summed E-state index contributed by atoms with van der Waals surface area (Å²) in [4.78, 5) is 14.0. The van der Waals surface area contributed by atoms with Crippen LogP contribution in [0, 0.1) is 17.8 Å². The molecule has 164 valence electrons. The van der Waals surface area contributed by atoms with Crippen LogP contribution in [0.1, 0.15) is 53.1 Å². The van der Waals surface area contributed by atoms with E-state index in [4.69, 9.17) is 10.5 Å². The summed E-state index contributed by atoms with van der Waals surface area (Å²) in [6.07, 6.45) is 3.84. The number of aliphatic hydroxyl groups is 1. The number of carbonyl (C=O) groups excluding carboxylic acids is 1. The number of fused-ring (bicyclic) bond motifs is 2. The van der Waals surface area contributed by atoms with Crippen LogP contribution in [0.15, 0.2) is 54.6 Å². The molecule has 31 heavy (non-hydrogen) atoms. The molecule has 2 bridgehead atoms. The number of benzene rings is 2. The molecule has 0 aromatic heterocycles. The Morgan fingerprint density at radius 3 is 2.39 bits per heavy atom. The van der Waals surface area contributed by atoms with Crippen molar-refractivity contribution in [1.29, 1.82) is 0 Å². The molecule has 2 saturated carbocycles. The maximum atomic E-state index is 11.7. The molecule has 0 spiro atoms. The fourth-order valence-corrected chi connectivity index (χ4v) is 6.51. The van der Waals surface area contributed by atoms with Crippen molar-refractivity contribution in [3.8, 4) is 0 Å². The predicted octanol–water partition coefficient (Wildman–Crippen LogP) is 3.48. The second-order valence-corrected chi connectivity index (χ2v) is 9.62. The van der Waals surface area contributed by atoms with Crippen LogP contribution < -0.4 is 5.73 Å². The summed E-state index contributed by atoms with van der Waals surface area (Å²) in [7, 11) is 1.78. The summed E-state index contributed by atoms with van der Waals surface area (Å²) in [6.45, 7) is 1.64. The SMILES string of the molecule is COC1(c2cccc(C(N)=O)c2)C2CCC1CN(C(O)C1CC(c3ccccc3)C1)C2. The Labute approximate surface area is 184 Å². The van der Waals surface area contributed by atoms with Crippen molar-refractivity contribution in [2.24, 2.45) is 23.5 Å². The first kappa shape index (κ1) is 20.7. The average Bonchev–Trinajstić information content (AvgIpc) is 2.95. The first-order valence-corrected chi connectivity index (χ1v) is 11.5. The van der Waals surface area contributed by atoms with E-state index < -0.39 is 17.7 Å². The Morgan fingerprint density at radius 2 is 1.77 bits per heavy atom. The van der Waals surface area contributed by atoms with E-state index >= 15 is 0 Å². The van der Waals surface area contributed by atoms with Gasteiger partial charge in [-0.15, -0.1) is 0 Å². The number of rotatable bonds is 6. The summed E-state index contributed by atoms with van der Waals surface area (Å²) >= 11 is 0. The summed E-state index contributed by atoms with van der Waals surface area (Å²) in [5, 5.41) is 11.2. The molecule has 5 rings (SSSR count). The van der Waals surface area contributed by atoms with Gasteiger partial charge in [-0.1, -0.05) is 42.5 Å². The van der Waals surface area contributed by atoms with Gasteiger partial charge in [0.1, 0.15) is 11.8 Å². The van der Waals surface area contributed by atoms with E-state index in [9.17, 15) is 9.90 Å². The van der Waals surface area contributed by atoms with Crippen LogP contribution in [-0.2, 0) is 10.3 Å². The average molecular weight is 421 g/mol. The smallest absolute Gasteiger partial charge is 0.248 e. The summed E-state index contributed by atoms with van der Waals surface area (Å²) in [6, 6.07) is 18.3. The molecule has 3 fully saturated rings. The van der Waals surface area contributed by atoms with Gasteiger partial charge in [-0.3, -0.25) is 9.69 Å². The number of nitrogens with zero attached hydrogens (tertiary/aromatic N) is 1. The van der Waals surface area contributed by atoms with Crippen LogP contribution in [0.2, 0.25) is 0 Å². The molecular weight excluding hydrogens is 388 g/mol. The third-order valence-corrected chi connectivity index (χ3v) is 8.16. The normalized spacial score (nSPS) is 33.6. The number of carbonyl (C=O) groups is 1. The minimum absolute atomic E-state index is 0.291. The van der Waals surface area contributed by atoms with E-state index in [0.29, 0.717) is 29.2 Å². The van der Waals surface area contributed by atoms with Gasteiger partial charge in [0, 0.05) is 37.6 Å². The van der Waals surface area contributed by atoms with E-state index in [1.807, 2.05) is 12.1 Å². The van der Waals surface area contributed by atoms with Crippen LogP contribution in [-0.4, -0.2) is 42.3 Å². The minimum Gasteiger partial charge on any atom is -0.378 e. The lowest BCUT2D eigenvalue weighted by Crippen LogP contribution is -2.57. The first-order chi connectivity index (χ1) is 15.0. The zero-order valence-corrected chi connectivity index (χ0v) is 18.1. The molecule has 3 N–H and O–H groups in total. The summed E-state index contributed by atoms with van der Waals surface area (Å²) < 4.78 is 6.23. The van der Waals surface area contributed by atoms with Crippen molar-refractivity contribution < 1.29 is 14.6 Å². The zero-order valence-electron chi connectivity index (χ0n) is 18.1. The Balaban J connectivity index is 1.30. The predicted molar refractivity (Wildman–Crippen MR) is 119 cm³/mol. The highest BCUT2D eigenvalue weighted by molar-refractivity contribution is 5.92. The molecule has 2 aromatic rings. The van der Waals surface area contributed by atoms with Gasteiger partial charge in [0.05, 0.1) is 0 Å². The molecule has 3 aliphatic rings. The van der Waals surface area contributed by atoms with Gasteiger partial charge in [0.15, 0.2) is 0 Å². The molecule has 1 aliphatic heterocycles. The van der Waals surface area contributed by atoms with Gasteiger partial charge < -0.3 is 15.6 Å². The minimum atomic E-state index is -0.411. The third-order valence-electron chi connectivity index (χ3n) is 8.16. The number of nitrogens with two attached hydrogens (primary N) is 1. The topological polar surface area (TPSA) is 75.8 Å². The van der Waals surface area contributed by atoms with Gasteiger partial charge in [-0.05, 0) is 60.8 Å². The van der Waals surface area contributed by atoms with Crippen LogP contribution in [0.4, 0.5) is 0 Å². The molecule has 1 saturated heterocycles. The maximum Gasteiger partial charge on any atom is 0.248 e. The number of piperidine rings is 1. The number of likely N-dealkylation sites (tertiary alicyclic amines) is 1.